The summed E-state index contributed by atoms with van der Waals surface area (Å²) in [5.41, 5.74) is 7.93. The molecule has 0 fully saturated rings. The highest BCUT2D eigenvalue weighted by molar-refractivity contribution is 9.10. The molecule has 0 aliphatic heterocycles. The lowest BCUT2D eigenvalue weighted by atomic mass is 10.3. The van der Waals surface area contributed by atoms with Crippen molar-refractivity contribution >= 4 is 44.5 Å². The topological polar surface area (TPSA) is 94.5 Å². The molecule has 4 rings (SSSR count). The van der Waals surface area contributed by atoms with Crippen LogP contribution in [-0.2, 0) is 6.42 Å². The van der Waals surface area contributed by atoms with Crippen molar-refractivity contribution in [3.05, 3.63) is 58.6 Å². The molecule has 9 heteroatoms. The van der Waals surface area contributed by atoms with Crippen LogP contribution in [0.4, 0.5) is 22.0 Å². The lowest BCUT2D eigenvalue weighted by molar-refractivity contribution is 0.629. The number of aromatic nitrogens is 5. The molecule has 2 aromatic heterocycles. The lowest BCUT2D eigenvalue weighted by Crippen LogP contribution is -2.11. The third-order valence-electron chi connectivity index (χ3n) is 3.94. The normalized spacial score (nSPS) is 11.1. The number of anilines is 3. The van der Waals surface area contributed by atoms with E-state index < -0.39 is 0 Å². The van der Waals surface area contributed by atoms with Crippen LogP contribution in [0.1, 0.15) is 12.7 Å². The van der Waals surface area contributed by atoms with Gasteiger partial charge in [0.2, 0.25) is 17.8 Å². The summed E-state index contributed by atoms with van der Waals surface area (Å²) in [4.78, 5) is 17.4. The first-order valence-electron chi connectivity index (χ1n) is 8.25. The van der Waals surface area contributed by atoms with Crippen molar-refractivity contribution < 1.29 is 4.39 Å². The molecular formula is C18H15BrFN7. The van der Waals surface area contributed by atoms with Crippen molar-refractivity contribution in [3.8, 4) is 5.95 Å². The van der Waals surface area contributed by atoms with Gasteiger partial charge in [0.25, 0.3) is 0 Å². The predicted octanol–water partition coefficient (Wildman–Crippen LogP) is 4.00. The summed E-state index contributed by atoms with van der Waals surface area (Å²) in [5.74, 6) is 0.976. The summed E-state index contributed by atoms with van der Waals surface area (Å²) in [6.07, 6.45) is 0.622. The van der Waals surface area contributed by atoms with E-state index in [4.69, 9.17) is 5.73 Å². The summed E-state index contributed by atoms with van der Waals surface area (Å²) >= 11 is 3.39. The van der Waals surface area contributed by atoms with E-state index in [-0.39, 0.29) is 17.7 Å². The minimum absolute atomic E-state index is 0.0555. The van der Waals surface area contributed by atoms with E-state index in [2.05, 4.69) is 41.2 Å². The van der Waals surface area contributed by atoms with Crippen LogP contribution in [0.3, 0.4) is 0 Å². The van der Waals surface area contributed by atoms with Crippen molar-refractivity contribution in [1.29, 1.82) is 0 Å². The van der Waals surface area contributed by atoms with E-state index in [0.717, 1.165) is 10.2 Å². The van der Waals surface area contributed by atoms with Gasteiger partial charge in [0, 0.05) is 22.6 Å². The summed E-state index contributed by atoms with van der Waals surface area (Å²) in [5, 5.41) is 3.10. The van der Waals surface area contributed by atoms with Gasteiger partial charge in [0.1, 0.15) is 11.6 Å². The average molecular weight is 428 g/mol. The molecule has 0 bridgehead atoms. The molecule has 2 heterocycles. The van der Waals surface area contributed by atoms with E-state index in [1.807, 2.05) is 31.2 Å². The minimum atomic E-state index is -0.360. The number of nitrogens with zero attached hydrogens (tertiary/aromatic N) is 5. The third-order valence-corrected chi connectivity index (χ3v) is 4.47. The number of hydrogen-bond donors (Lipinski definition) is 2. The number of nitrogen functional groups attached to an aromatic ring is 1. The Labute approximate surface area is 162 Å². The Kier molecular flexibility index (Phi) is 4.44. The molecule has 4 aromatic rings. The molecule has 0 aliphatic rings. The van der Waals surface area contributed by atoms with Gasteiger partial charge in [-0.1, -0.05) is 22.9 Å². The van der Waals surface area contributed by atoms with Gasteiger partial charge in [0.15, 0.2) is 0 Å². The number of fused-ring (bicyclic) bond motifs is 1. The van der Waals surface area contributed by atoms with Gasteiger partial charge in [-0.2, -0.15) is 15.0 Å². The standard InChI is InChI=1S/C18H15BrFN7/c1-2-15-23-13-8-5-11(20)9-14(13)27(15)18-25-16(21)24-17(26-18)22-12-6-3-10(19)4-7-12/h3-9H,2H2,1H3,(H3,21,22,24,25,26). The van der Waals surface area contributed by atoms with Gasteiger partial charge in [-0.25, -0.2) is 9.37 Å². The Bertz CT molecular complexity index is 1120. The predicted molar refractivity (Wildman–Crippen MR) is 106 cm³/mol. The molecule has 2 aromatic carbocycles. The fourth-order valence-corrected chi connectivity index (χ4v) is 3.02. The van der Waals surface area contributed by atoms with Crippen molar-refractivity contribution in [2.24, 2.45) is 0 Å². The van der Waals surface area contributed by atoms with E-state index >= 15 is 0 Å². The Hall–Kier alpha value is -3.07. The van der Waals surface area contributed by atoms with Crippen molar-refractivity contribution in [2.75, 3.05) is 11.1 Å². The largest absolute Gasteiger partial charge is 0.368 e. The first kappa shape index (κ1) is 17.3. The molecule has 3 N–H and O–H groups in total. The van der Waals surface area contributed by atoms with E-state index in [1.165, 1.54) is 12.1 Å². The zero-order valence-electron chi connectivity index (χ0n) is 14.3. The lowest BCUT2D eigenvalue weighted by Gasteiger charge is -2.10. The van der Waals surface area contributed by atoms with Gasteiger partial charge in [-0.05, 0) is 36.4 Å². The Morgan fingerprint density at radius 1 is 1.07 bits per heavy atom. The van der Waals surface area contributed by atoms with E-state index in [1.54, 1.807) is 10.6 Å². The number of halogens is 2. The number of rotatable bonds is 4. The van der Waals surface area contributed by atoms with Crippen LogP contribution in [-0.4, -0.2) is 24.5 Å². The smallest absolute Gasteiger partial charge is 0.242 e. The fraction of sp³-hybridized carbons (Fsp3) is 0.111. The second-order valence-electron chi connectivity index (χ2n) is 5.80. The average Bonchev–Trinajstić information content (AvgIpc) is 3.01. The number of benzene rings is 2. The van der Waals surface area contributed by atoms with Crippen LogP contribution in [0.2, 0.25) is 0 Å². The van der Waals surface area contributed by atoms with Crippen LogP contribution in [0.15, 0.2) is 46.9 Å². The molecule has 27 heavy (non-hydrogen) atoms. The van der Waals surface area contributed by atoms with Crippen LogP contribution >= 0.6 is 15.9 Å². The summed E-state index contributed by atoms with van der Waals surface area (Å²) in [6.45, 7) is 1.96. The molecule has 0 aliphatic carbocycles. The first-order chi connectivity index (χ1) is 13.0. The van der Waals surface area contributed by atoms with Crippen LogP contribution < -0.4 is 11.1 Å². The molecule has 7 nitrogen and oxygen atoms in total. The minimum Gasteiger partial charge on any atom is -0.368 e. The number of nitrogens with one attached hydrogen (secondary N) is 1. The van der Waals surface area contributed by atoms with Gasteiger partial charge >= 0.3 is 0 Å². The molecule has 0 amide bonds. The van der Waals surface area contributed by atoms with Crippen molar-refractivity contribution in [3.63, 3.8) is 0 Å². The Morgan fingerprint density at radius 3 is 2.59 bits per heavy atom. The zero-order valence-corrected chi connectivity index (χ0v) is 15.9. The third kappa shape index (κ3) is 3.45. The first-order valence-corrected chi connectivity index (χ1v) is 9.04. The highest BCUT2D eigenvalue weighted by Crippen LogP contribution is 2.23. The summed E-state index contributed by atoms with van der Waals surface area (Å²) in [6, 6.07) is 12.0. The molecule has 0 unspecified atom stereocenters. The van der Waals surface area contributed by atoms with Crippen LogP contribution in [0, 0.1) is 5.82 Å². The Morgan fingerprint density at radius 2 is 1.85 bits per heavy atom. The zero-order chi connectivity index (χ0) is 19.0. The van der Waals surface area contributed by atoms with Crippen molar-refractivity contribution in [2.45, 2.75) is 13.3 Å². The summed E-state index contributed by atoms with van der Waals surface area (Å²) in [7, 11) is 0. The van der Waals surface area contributed by atoms with Gasteiger partial charge in [-0.3, -0.25) is 4.57 Å². The SMILES string of the molecule is CCc1nc2ccc(F)cc2n1-c1nc(N)nc(Nc2ccc(Br)cc2)n1. The maximum Gasteiger partial charge on any atom is 0.242 e. The maximum atomic E-state index is 13.8. The molecule has 0 saturated heterocycles. The van der Waals surface area contributed by atoms with Gasteiger partial charge < -0.3 is 11.1 Å². The molecule has 0 radical (unpaired) electrons. The molecule has 0 spiro atoms. The highest BCUT2D eigenvalue weighted by atomic mass is 79.9. The quantitative estimate of drug-likeness (QED) is 0.510. The molecule has 0 saturated carbocycles. The molecule has 0 atom stereocenters. The van der Waals surface area contributed by atoms with Crippen molar-refractivity contribution in [1.82, 2.24) is 24.5 Å². The monoisotopic (exact) mass is 427 g/mol. The second-order valence-corrected chi connectivity index (χ2v) is 6.71. The Balaban J connectivity index is 1.82. The molecule has 136 valence electrons. The molecular weight excluding hydrogens is 413 g/mol. The highest BCUT2D eigenvalue weighted by Gasteiger charge is 2.16. The maximum absolute atomic E-state index is 13.8. The van der Waals surface area contributed by atoms with E-state index in [9.17, 15) is 4.39 Å². The summed E-state index contributed by atoms with van der Waals surface area (Å²) < 4.78 is 16.4. The van der Waals surface area contributed by atoms with Gasteiger partial charge in [-0.15, -0.1) is 0 Å². The second kappa shape index (κ2) is 6.92. The van der Waals surface area contributed by atoms with E-state index in [0.29, 0.717) is 29.2 Å². The number of hydrogen-bond acceptors (Lipinski definition) is 6. The van der Waals surface area contributed by atoms with Crippen LogP contribution in [0.5, 0.6) is 0 Å². The number of aryl methyl sites for hydroxylation is 1. The number of imidazole rings is 1. The van der Waals surface area contributed by atoms with Crippen LogP contribution in [0.25, 0.3) is 17.0 Å². The number of nitrogens with two attached hydrogens (primary N) is 1. The van der Waals surface area contributed by atoms with Gasteiger partial charge in [0.05, 0.1) is 11.0 Å². The fourth-order valence-electron chi connectivity index (χ4n) is 2.76.